The molecule has 0 spiro atoms. The van der Waals surface area contributed by atoms with E-state index in [1.54, 1.807) is 0 Å². The van der Waals surface area contributed by atoms with Gasteiger partial charge in [-0.25, -0.2) is 4.98 Å². The zero-order valence-electron chi connectivity index (χ0n) is 43.8. The van der Waals surface area contributed by atoms with Gasteiger partial charge in [-0.05, 0) is 151 Å². The highest BCUT2D eigenvalue weighted by Crippen LogP contribution is 2.46. The number of phenolic OH excluding ortho intramolecular Hbond substituents is 1. The van der Waals surface area contributed by atoms with Gasteiger partial charge in [0.05, 0.1) is 28.0 Å². The molecule has 0 bridgehead atoms. The molecule has 0 radical (unpaired) electrons. The molecule has 70 heavy (non-hydrogen) atoms. The van der Waals surface area contributed by atoms with E-state index in [0.29, 0.717) is 11.4 Å². The largest absolute Gasteiger partial charge is 0.507 e. The van der Waals surface area contributed by atoms with Crippen molar-refractivity contribution in [3.8, 4) is 78.6 Å². The summed E-state index contributed by atoms with van der Waals surface area (Å²) in [4.78, 5) is 10.7. The highest BCUT2D eigenvalue weighted by molar-refractivity contribution is 5.98. The zero-order valence-corrected chi connectivity index (χ0v) is 43.8. The molecule has 0 unspecified atom stereocenters. The Bertz CT molecular complexity index is 3380. The van der Waals surface area contributed by atoms with Crippen molar-refractivity contribution in [2.24, 2.45) is 0 Å². The van der Waals surface area contributed by atoms with Crippen LogP contribution in [0.25, 0.3) is 83.9 Å². The summed E-state index contributed by atoms with van der Waals surface area (Å²) in [6.07, 6.45) is 1.91. The van der Waals surface area contributed by atoms with E-state index in [4.69, 9.17) is 9.97 Å². The van der Waals surface area contributed by atoms with Crippen molar-refractivity contribution in [1.29, 1.82) is 0 Å². The molecule has 0 aliphatic carbocycles. The van der Waals surface area contributed by atoms with Gasteiger partial charge in [-0.2, -0.15) is 0 Å². The molecular weight excluding hydrogens is 851 g/mol. The zero-order chi connectivity index (χ0) is 50.1. The Hall–Kier alpha value is -7.04. The lowest BCUT2D eigenvalue weighted by molar-refractivity contribution is 0.446. The first kappa shape index (κ1) is 48.0. The van der Waals surface area contributed by atoms with E-state index >= 15 is 0 Å². The van der Waals surface area contributed by atoms with Crippen molar-refractivity contribution in [2.75, 3.05) is 0 Å². The summed E-state index contributed by atoms with van der Waals surface area (Å²) in [6, 6.07) is 55.1. The third kappa shape index (κ3) is 9.49. The Morgan fingerprint density at radius 1 is 0.429 bits per heavy atom. The fourth-order valence-corrected chi connectivity index (χ4v) is 9.55. The predicted octanol–water partition coefficient (Wildman–Crippen LogP) is 17.9. The van der Waals surface area contributed by atoms with E-state index in [0.717, 1.165) is 78.0 Å². The number of phenols is 1. The van der Waals surface area contributed by atoms with Crippen molar-refractivity contribution in [2.45, 2.75) is 119 Å². The molecule has 7 aromatic carbocycles. The van der Waals surface area contributed by atoms with Crippen LogP contribution in [0.5, 0.6) is 5.75 Å². The maximum Gasteiger partial charge on any atom is 0.149 e. The standard InChI is InChI=1S/C66H69N3O/c1-41-23-25-44(26-24-41)46-29-30-67-57(37-46)50-33-47(43-19-16-15-17-20-43)32-49(34-50)54-21-18-22-59-60(54)68-62(55-39-53(65(9,10)11)40-56(61(55)70)66(12,13)14)69(59)58-28-27-45(31-42(58)2)48-35-51(63(3,4)5)38-52(36-48)64(6,7)8/h15-40,70H,1-14H3. The van der Waals surface area contributed by atoms with Crippen LogP contribution in [0.1, 0.15) is 116 Å². The van der Waals surface area contributed by atoms with Crippen LogP contribution in [0.2, 0.25) is 0 Å². The molecule has 1 N–H and O–H groups in total. The number of pyridine rings is 1. The third-order valence-corrected chi connectivity index (χ3v) is 13.9. The Morgan fingerprint density at radius 2 is 1.00 bits per heavy atom. The summed E-state index contributed by atoms with van der Waals surface area (Å²) in [5.74, 6) is 0.957. The minimum Gasteiger partial charge on any atom is -0.507 e. The number of para-hydroxylation sites is 1. The number of fused-ring (bicyclic) bond motifs is 1. The summed E-state index contributed by atoms with van der Waals surface area (Å²) < 4.78 is 2.28. The van der Waals surface area contributed by atoms with Gasteiger partial charge in [0.1, 0.15) is 11.6 Å². The van der Waals surface area contributed by atoms with Crippen LogP contribution in [0.4, 0.5) is 0 Å². The van der Waals surface area contributed by atoms with E-state index in [9.17, 15) is 5.11 Å². The molecule has 0 aliphatic heterocycles. The van der Waals surface area contributed by atoms with Crippen molar-refractivity contribution in [1.82, 2.24) is 14.5 Å². The van der Waals surface area contributed by atoms with Gasteiger partial charge in [-0.3, -0.25) is 9.55 Å². The van der Waals surface area contributed by atoms with Crippen LogP contribution in [0.15, 0.2) is 158 Å². The second-order valence-corrected chi connectivity index (χ2v) is 23.6. The molecule has 4 heteroatoms. The summed E-state index contributed by atoms with van der Waals surface area (Å²) in [7, 11) is 0. The summed E-state index contributed by atoms with van der Waals surface area (Å²) in [6.45, 7) is 31.3. The third-order valence-electron chi connectivity index (χ3n) is 13.9. The fourth-order valence-electron chi connectivity index (χ4n) is 9.55. The smallest absolute Gasteiger partial charge is 0.149 e. The molecule has 0 atom stereocenters. The molecule has 2 heterocycles. The summed E-state index contributed by atoms with van der Waals surface area (Å²) in [5.41, 5.74) is 20.8. The lowest BCUT2D eigenvalue weighted by Crippen LogP contribution is -2.17. The van der Waals surface area contributed by atoms with E-state index in [-0.39, 0.29) is 27.4 Å². The summed E-state index contributed by atoms with van der Waals surface area (Å²) >= 11 is 0. The summed E-state index contributed by atoms with van der Waals surface area (Å²) in [5, 5.41) is 12.6. The number of nitrogens with zero attached hydrogens (tertiary/aromatic N) is 3. The maximum atomic E-state index is 12.6. The van der Waals surface area contributed by atoms with Crippen LogP contribution in [0, 0.1) is 13.8 Å². The fraction of sp³-hybridized carbons (Fsp3) is 0.273. The lowest BCUT2D eigenvalue weighted by atomic mass is 9.78. The Kier molecular flexibility index (Phi) is 12.2. The molecule has 0 amide bonds. The topological polar surface area (TPSA) is 50.9 Å². The first-order valence-corrected chi connectivity index (χ1v) is 24.9. The predicted molar refractivity (Wildman–Crippen MR) is 297 cm³/mol. The number of benzene rings is 7. The van der Waals surface area contributed by atoms with E-state index in [1.165, 1.54) is 27.8 Å². The van der Waals surface area contributed by atoms with Crippen molar-refractivity contribution in [3.05, 3.63) is 191 Å². The average molecular weight is 920 g/mol. The first-order valence-electron chi connectivity index (χ1n) is 24.9. The molecule has 0 fully saturated rings. The van der Waals surface area contributed by atoms with Gasteiger partial charge in [-0.15, -0.1) is 0 Å². The molecule has 354 valence electrons. The van der Waals surface area contributed by atoms with Crippen LogP contribution in [-0.4, -0.2) is 19.6 Å². The molecule has 9 aromatic rings. The highest BCUT2D eigenvalue weighted by atomic mass is 16.3. The van der Waals surface area contributed by atoms with Gasteiger partial charge < -0.3 is 5.11 Å². The number of hydrogen-bond acceptors (Lipinski definition) is 3. The second kappa shape index (κ2) is 17.7. The quantitative estimate of drug-likeness (QED) is 0.173. The Labute approximate surface area is 417 Å². The highest BCUT2D eigenvalue weighted by Gasteiger charge is 2.29. The number of aryl methyl sites for hydroxylation is 2. The monoisotopic (exact) mass is 920 g/mol. The van der Waals surface area contributed by atoms with Crippen molar-refractivity contribution in [3.63, 3.8) is 0 Å². The Morgan fingerprint density at radius 3 is 1.63 bits per heavy atom. The minimum absolute atomic E-state index is 0.00775. The number of hydrogen-bond donors (Lipinski definition) is 1. The van der Waals surface area contributed by atoms with Gasteiger partial charge in [0.15, 0.2) is 0 Å². The maximum absolute atomic E-state index is 12.6. The van der Waals surface area contributed by atoms with Crippen LogP contribution >= 0.6 is 0 Å². The first-order chi connectivity index (χ1) is 32.9. The molecule has 0 aliphatic rings. The van der Waals surface area contributed by atoms with Gasteiger partial charge in [0.2, 0.25) is 0 Å². The van der Waals surface area contributed by atoms with E-state index in [1.807, 2.05) is 6.20 Å². The number of aromatic hydroxyl groups is 1. The van der Waals surface area contributed by atoms with Gasteiger partial charge in [-0.1, -0.05) is 186 Å². The molecule has 9 rings (SSSR count). The number of rotatable bonds is 7. The Balaban J connectivity index is 1.31. The molecule has 0 saturated carbocycles. The van der Waals surface area contributed by atoms with Gasteiger partial charge in [0, 0.05) is 22.9 Å². The van der Waals surface area contributed by atoms with Crippen LogP contribution in [-0.2, 0) is 21.7 Å². The van der Waals surface area contributed by atoms with Gasteiger partial charge in [0.25, 0.3) is 0 Å². The molecule has 4 nitrogen and oxygen atoms in total. The number of imidazole rings is 1. The molecule has 2 aromatic heterocycles. The molecular formula is C66H69N3O. The lowest BCUT2D eigenvalue weighted by Gasteiger charge is -2.27. The van der Waals surface area contributed by atoms with Gasteiger partial charge >= 0.3 is 0 Å². The van der Waals surface area contributed by atoms with Crippen molar-refractivity contribution >= 4 is 11.0 Å². The minimum atomic E-state index is -0.327. The van der Waals surface area contributed by atoms with E-state index < -0.39 is 0 Å². The normalized spacial score (nSPS) is 12.5. The number of aromatic nitrogens is 3. The molecule has 0 saturated heterocycles. The SMILES string of the molecule is Cc1ccc(-c2ccnc(-c3cc(-c4ccccc4)cc(-c4cccc5c4nc(-c4cc(C(C)(C)C)cc(C(C)(C)C)c4O)n5-c4ccc(-c5cc(C(C)(C)C)cc(C(C)(C)C)c5)cc4C)c3)c2)cc1. The second-order valence-electron chi connectivity index (χ2n) is 23.6. The van der Waals surface area contributed by atoms with Crippen molar-refractivity contribution < 1.29 is 5.11 Å². The average Bonchev–Trinajstić information content (AvgIpc) is 3.70. The van der Waals surface area contributed by atoms with E-state index in [2.05, 4.69) is 253 Å². The van der Waals surface area contributed by atoms with Crippen LogP contribution < -0.4 is 0 Å². The van der Waals surface area contributed by atoms with Crippen LogP contribution in [0.3, 0.4) is 0 Å².